The van der Waals surface area contributed by atoms with Gasteiger partial charge in [-0.3, -0.25) is 9.88 Å². The lowest BCUT2D eigenvalue weighted by atomic mass is 9.91. The van der Waals surface area contributed by atoms with Crippen LogP contribution in [0.15, 0.2) is 102 Å². The first-order chi connectivity index (χ1) is 20.9. The average Bonchev–Trinajstić information content (AvgIpc) is 3.44. The third-order valence-corrected chi connectivity index (χ3v) is 7.52. The number of furan rings is 1. The van der Waals surface area contributed by atoms with E-state index in [0.717, 1.165) is 27.7 Å². The van der Waals surface area contributed by atoms with Crippen molar-refractivity contribution in [2.75, 3.05) is 13.7 Å². The number of carbonyl (C=O) groups excluding carboxylic acids is 1. The number of nitrogens with zero attached hydrogens (tertiary/aromatic N) is 2. The fraction of sp³-hybridized carbons (Fsp3) is 0.167. The molecule has 0 saturated carbocycles. The standard InChI is InChI=1S/C36H30F2N2O3/c1-3-42-36(41)26-18-27-25(17-29-31(37)13-9-14-32(29)38)16-28(34-19-24-12-7-8-15-33(24)43-34)30(35(27)39-20-26)22-40(2)21-23-10-5-4-6-11-23/h4-16,18-20H,3,17,21-22H2,1-2H3. The first kappa shape index (κ1) is 28.2. The van der Waals surface area contributed by atoms with E-state index in [0.29, 0.717) is 35.3 Å². The molecule has 2 aromatic heterocycles. The van der Waals surface area contributed by atoms with Crippen LogP contribution < -0.4 is 0 Å². The van der Waals surface area contributed by atoms with Crippen molar-refractivity contribution in [3.8, 4) is 11.3 Å². The predicted octanol–water partition coefficient (Wildman–Crippen LogP) is 8.33. The molecular weight excluding hydrogens is 546 g/mol. The summed E-state index contributed by atoms with van der Waals surface area (Å²) in [5.74, 6) is -1.17. The van der Waals surface area contributed by atoms with Gasteiger partial charge in [-0.2, -0.15) is 0 Å². The number of rotatable bonds is 9. The maximum absolute atomic E-state index is 14.9. The number of benzene rings is 4. The molecule has 0 saturated heterocycles. The molecule has 0 bridgehead atoms. The third-order valence-electron chi connectivity index (χ3n) is 7.52. The van der Waals surface area contributed by atoms with Crippen molar-refractivity contribution in [1.82, 2.24) is 9.88 Å². The minimum Gasteiger partial charge on any atom is -0.462 e. The second kappa shape index (κ2) is 12.2. The van der Waals surface area contributed by atoms with Crippen LogP contribution in [0.2, 0.25) is 0 Å². The molecule has 0 fully saturated rings. The van der Waals surface area contributed by atoms with Crippen LogP contribution in [0.3, 0.4) is 0 Å². The highest BCUT2D eigenvalue weighted by atomic mass is 19.1. The van der Waals surface area contributed by atoms with Crippen LogP contribution in [0.25, 0.3) is 33.2 Å². The molecule has 2 heterocycles. The van der Waals surface area contributed by atoms with Crippen LogP contribution in [0.4, 0.5) is 8.78 Å². The zero-order valence-corrected chi connectivity index (χ0v) is 23.9. The maximum atomic E-state index is 14.9. The Hall–Kier alpha value is -4.88. The molecule has 43 heavy (non-hydrogen) atoms. The van der Waals surface area contributed by atoms with Crippen LogP contribution >= 0.6 is 0 Å². The molecule has 6 aromatic rings. The second-order valence-electron chi connectivity index (χ2n) is 10.6. The van der Waals surface area contributed by atoms with Gasteiger partial charge in [-0.05, 0) is 61.5 Å². The lowest BCUT2D eigenvalue weighted by Crippen LogP contribution is -2.18. The zero-order valence-electron chi connectivity index (χ0n) is 23.9. The molecule has 6 rings (SSSR count). The second-order valence-corrected chi connectivity index (χ2v) is 10.6. The number of fused-ring (bicyclic) bond motifs is 2. The van der Waals surface area contributed by atoms with Crippen LogP contribution in [0, 0.1) is 11.6 Å². The maximum Gasteiger partial charge on any atom is 0.339 e. The Morgan fingerprint density at radius 1 is 0.884 bits per heavy atom. The minimum absolute atomic E-state index is 0.0453. The predicted molar refractivity (Wildman–Crippen MR) is 164 cm³/mol. The molecule has 0 N–H and O–H groups in total. The van der Waals surface area contributed by atoms with Crippen LogP contribution in [-0.2, 0) is 24.2 Å². The van der Waals surface area contributed by atoms with Crippen molar-refractivity contribution in [2.24, 2.45) is 0 Å². The first-order valence-corrected chi connectivity index (χ1v) is 14.2. The van der Waals surface area contributed by atoms with Gasteiger partial charge in [-0.15, -0.1) is 0 Å². The molecule has 0 amide bonds. The Kier molecular flexibility index (Phi) is 7.99. The topological polar surface area (TPSA) is 55.6 Å². The van der Waals surface area contributed by atoms with Crippen LogP contribution in [0.1, 0.15) is 39.5 Å². The van der Waals surface area contributed by atoms with E-state index in [1.807, 2.05) is 61.6 Å². The summed E-state index contributed by atoms with van der Waals surface area (Å²) in [5, 5.41) is 1.56. The van der Waals surface area contributed by atoms with Crippen LogP contribution in [0.5, 0.6) is 0 Å². The summed E-state index contributed by atoms with van der Waals surface area (Å²) in [7, 11) is 2.02. The number of para-hydroxylation sites is 1. The van der Waals surface area contributed by atoms with Crippen molar-refractivity contribution in [3.05, 3.63) is 137 Å². The summed E-state index contributed by atoms with van der Waals surface area (Å²) < 4.78 is 41.4. The monoisotopic (exact) mass is 576 g/mol. The molecule has 7 heteroatoms. The molecule has 5 nitrogen and oxygen atoms in total. The minimum atomic E-state index is -0.639. The number of ether oxygens (including phenoxy) is 1. The molecule has 0 spiro atoms. The fourth-order valence-electron chi connectivity index (χ4n) is 5.50. The van der Waals surface area contributed by atoms with Gasteiger partial charge in [0, 0.05) is 53.2 Å². The fourth-order valence-corrected chi connectivity index (χ4v) is 5.50. The van der Waals surface area contributed by atoms with Gasteiger partial charge in [-0.25, -0.2) is 13.6 Å². The summed E-state index contributed by atoms with van der Waals surface area (Å²) in [6.45, 7) is 3.13. The van der Waals surface area contributed by atoms with Gasteiger partial charge in [0.1, 0.15) is 23.0 Å². The molecular formula is C36H30F2N2O3. The SMILES string of the molecule is CCOC(=O)c1cnc2c(CN(C)Cc3ccccc3)c(-c3cc4ccccc4o3)cc(Cc3c(F)cccc3F)c2c1. The van der Waals surface area contributed by atoms with Gasteiger partial charge in [0.2, 0.25) is 0 Å². The third kappa shape index (κ3) is 5.90. The van der Waals surface area contributed by atoms with Gasteiger partial charge >= 0.3 is 5.97 Å². The van der Waals surface area contributed by atoms with E-state index >= 15 is 0 Å². The normalized spacial score (nSPS) is 11.5. The lowest BCUT2D eigenvalue weighted by molar-refractivity contribution is 0.0526. The molecule has 0 atom stereocenters. The molecule has 0 aliphatic rings. The average molecular weight is 577 g/mol. The Labute approximate surface area is 248 Å². The van der Waals surface area contributed by atoms with E-state index in [9.17, 15) is 13.6 Å². The van der Waals surface area contributed by atoms with E-state index in [-0.39, 0.29) is 24.2 Å². The van der Waals surface area contributed by atoms with Gasteiger partial charge in [0.05, 0.1) is 17.7 Å². The van der Waals surface area contributed by atoms with Crippen molar-refractivity contribution in [2.45, 2.75) is 26.4 Å². The molecule has 216 valence electrons. The summed E-state index contributed by atoms with van der Waals surface area (Å²) in [6, 6.07) is 27.3. The highest BCUT2D eigenvalue weighted by molar-refractivity contribution is 5.98. The smallest absolute Gasteiger partial charge is 0.339 e. The van der Waals surface area contributed by atoms with Crippen LogP contribution in [-0.4, -0.2) is 29.5 Å². The van der Waals surface area contributed by atoms with E-state index in [1.165, 1.54) is 24.4 Å². The highest BCUT2D eigenvalue weighted by Gasteiger charge is 2.22. The quantitative estimate of drug-likeness (QED) is 0.162. The van der Waals surface area contributed by atoms with Gasteiger partial charge < -0.3 is 9.15 Å². The summed E-state index contributed by atoms with van der Waals surface area (Å²) >= 11 is 0. The summed E-state index contributed by atoms with van der Waals surface area (Å²) in [5.41, 5.74) is 4.98. The number of aromatic nitrogens is 1. The first-order valence-electron chi connectivity index (χ1n) is 14.2. The number of esters is 1. The number of hydrogen-bond donors (Lipinski definition) is 0. The Balaban J connectivity index is 1.57. The summed E-state index contributed by atoms with van der Waals surface area (Å²) in [6.07, 6.45) is 1.45. The Morgan fingerprint density at radius 2 is 1.63 bits per heavy atom. The van der Waals surface area contributed by atoms with Crippen molar-refractivity contribution in [1.29, 1.82) is 0 Å². The largest absolute Gasteiger partial charge is 0.462 e. The number of hydrogen-bond acceptors (Lipinski definition) is 5. The highest BCUT2D eigenvalue weighted by Crippen LogP contribution is 2.37. The van der Waals surface area contributed by atoms with E-state index in [2.05, 4.69) is 17.0 Å². The molecule has 0 unspecified atom stereocenters. The molecule has 4 aromatic carbocycles. The number of pyridine rings is 1. The van der Waals surface area contributed by atoms with Gasteiger partial charge in [0.25, 0.3) is 0 Å². The van der Waals surface area contributed by atoms with Crippen molar-refractivity contribution in [3.63, 3.8) is 0 Å². The Bertz CT molecular complexity index is 1880. The van der Waals surface area contributed by atoms with Gasteiger partial charge in [0.15, 0.2) is 0 Å². The lowest BCUT2D eigenvalue weighted by Gasteiger charge is -2.21. The van der Waals surface area contributed by atoms with E-state index in [1.54, 1.807) is 13.0 Å². The molecule has 0 aliphatic carbocycles. The van der Waals surface area contributed by atoms with E-state index in [4.69, 9.17) is 14.1 Å². The van der Waals surface area contributed by atoms with E-state index < -0.39 is 17.6 Å². The number of halogens is 2. The molecule has 0 radical (unpaired) electrons. The summed E-state index contributed by atoms with van der Waals surface area (Å²) in [4.78, 5) is 19.7. The Morgan fingerprint density at radius 3 is 2.37 bits per heavy atom. The number of carbonyl (C=O) groups is 1. The van der Waals surface area contributed by atoms with Crippen molar-refractivity contribution < 1.29 is 22.7 Å². The van der Waals surface area contributed by atoms with Gasteiger partial charge in [-0.1, -0.05) is 54.6 Å². The van der Waals surface area contributed by atoms with Crippen molar-refractivity contribution >= 4 is 27.8 Å². The molecule has 0 aliphatic heterocycles. The zero-order chi connectivity index (χ0) is 29.9.